The van der Waals surface area contributed by atoms with Gasteiger partial charge in [-0.1, -0.05) is 0 Å². The van der Waals surface area contributed by atoms with Gasteiger partial charge in [-0.05, 0) is 52.7 Å². The van der Waals surface area contributed by atoms with E-state index in [1.165, 1.54) is 16.7 Å². The molecule has 2 rings (SSSR count). The quantitative estimate of drug-likeness (QED) is 0.854. The summed E-state index contributed by atoms with van der Waals surface area (Å²) in [6.07, 6.45) is 1.65. The molecule has 96 valence electrons. The summed E-state index contributed by atoms with van der Waals surface area (Å²) in [6.45, 7) is 1.95. The Hall–Kier alpha value is -1.93. The van der Waals surface area contributed by atoms with Gasteiger partial charge in [0.05, 0.1) is 18.2 Å². The van der Waals surface area contributed by atoms with E-state index in [9.17, 15) is 9.18 Å². The molecule has 0 aliphatic rings. The molecule has 1 aromatic heterocycles. The van der Waals surface area contributed by atoms with Gasteiger partial charge in [0.2, 0.25) is 0 Å². The standard InChI is InChI=1S/C14H10BrFN2O/c1-9-2-12(15)8-18(14(9)19)7-11-3-10(6-17)4-13(16)5-11/h2-5,8H,7H2,1H3. The molecule has 0 saturated heterocycles. The number of halogens is 2. The minimum absolute atomic E-state index is 0.133. The second-order valence-electron chi connectivity index (χ2n) is 4.23. The molecule has 5 heteroatoms. The van der Waals surface area contributed by atoms with Crippen LogP contribution in [0, 0.1) is 24.1 Å². The van der Waals surface area contributed by atoms with Crippen molar-refractivity contribution in [2.75, 3.05) is 0 Å². The van der Waals surface area contributed by atoms with Crippen LogP contribution in [0.3, 0.4) is 0 Å². The highest BCUT2D eigenvalue weighted by molar-refractivity contribution is 9.10. The average molecular weight is 321 g/mol. The Morgan fingerprint density at radius 3 is 2.79 bits per heavy atom. The number of hydrogen-bond acceptors (Lipinski definition) is 2. The number of rotatable bonds is 2. The highest BCUT2D eigenvalue weighted by Crippen LogP contribution is 2.12. The normalized spacial score (nSPS) is 10.2. The van der Waals surface area contributed by atoms with Crippen molar-refractivity contribution in [2.45, 2.75) is 13.5 Å². The molecule has 0 bridgehead atoms. The highest BCUT2D eigenvalue weighted by Gasteiger charge is 2.05. The summed E-state index contributed by atoms with van der Waals surface area (Å²) in [6, 6.07) is 7.69. The number of nitrogens with zero attached hydrogens (tertiary/aromatic N) is 2. The number of benzene rings is 1. The van der Waals surface area contributed by atoms with Gasteiger partial charge in [0.1, 0.15) is 5.82 Å². The van der Waals surface area contributed by atoms with Crippen molar-refractivity contribution < 1.29 is 4.39 Å². The van der Waals surface area contributed by atoms with Gasteiger partial charge < -0.3 is 4.57 Å². The van der Waals surface area contributed by atoms with Crippen molar-refractivity contribution >= 4 is 15.9 Å². The van der Waals surface area contributed by atoms with Crippen molar-refractivity contribution in [1.29, 1.82) is 5.26 Å². The van der Waals surface area contributed by atoms with Crippen LogP contribution in [0.25, 0.3) is 0 Å². The zero-order valence-electron chi connectivity index (χ0n) is 10.2. The van der Waals surface area contributed by atoms with Crippen LogP contribution < -0.4 is 5.56 Å². The van der Waals surface area contributed by atoms with Crippen LogP contribution in [0.4, 0.5) is 4.39 Å². The summed E-state index contributed by atoms with van der Waals surface area (Å²) in [5, 5.41) is 8.80. The Balaban J connectivity index is 2.45. The van der Waals surface area contributed by atoms with Gasteiger partial charge in [-0.2, -0.15) is 5.26 Å². The Kier molecular flexibility index (Phi) is 3.82. The number of nitriles is 1. The fourth-order valence-electron chi connectivity index (χ4n) is 1.86. The van der Waals surface area contributed by atoms with E-state index >= 15 is 0 Å². The third kappa shape index (κ3) is 3.09. The molecule has 0 N–H and O–H groups in total. The third-order valence-electron chi connectivity index (χ3n) is 2.67. The molecule has 0 unspecified atom stereocenters. The molecule has 0 aliphatic carbocycles. The maximum Gasteiger partial charge on any atom is 0.253 e. The maximum atomic E-state index is 13.3. The lowest BCUT2D eigenvalue weighted by Gasteiger charge is -2.08. The van der Waals surface area contributed by atoms with Crippen LogP contribution in [0.1, 0.15) is 16.7 Å². The fourth-order valence-corrected chi connectivity index (χ4v) is 2.45. The van der Waals surface area contributed by atoms with Crippen molar-refractivity contribution in [3.8, 4) is 6.07 Å². The summed E-state index contributed by atoms with van der Waals surface area (Å²) in [5.41, 5.74) is 1.29. The van der Waals surface area contributed by atoms with E-state index in [2.05, 4.69) is 15.9 Å². The third-order valence-corrected chi connectivity index (χ3v) is 3.11. The van der Waals surface area contributed by atoms with Crippen LogP contribution >= 0.6 is 15.9 Å². The van der Waals surface area contributed by atoms with Gasteiger partial charge in [-0.15, -0.1) is 0 Å². The zero-order chi connectivity index (χ0) is 14.0. The van der Waals surface area contributed by atoms with E-state index in [0.717, 1.165) is 4.47 Å². The van der Waals surface area contributed by atoms with Gasteiger partial charge >= 0.3 is 0 Å². The van der Waals surface area contributed by atoms with Gasteiger partial charge in [-0.25, -0.2) is 4.39 Å². The SMILES string of the molecule is Cc1cc(Br)cn(Cc2cc(F)cc(C#N)c2)c1=O. The van der Waals surface area contributed by atoms with Crippen LogP contribution in [0.5, 0.6) is 0 Å². The molecule has 3 nitrogen and oxygen atoms in total. The first-order valence-corrected chi connectivity index (χ1v) is 6.35. The van der Waals surface area contributed by atoms with Crippen LogP contribution in [0.15, 0.2) is 39.7 Å². The number of pyridine rings is 1. The number of aryl methyl sites for hydroxylation is 1. The Morgan fingerprint density at radius 1 is 1.37 bits per heavy atom. The number of hydrogen-bond donors (Lipinski definition) is 0. The maximum absolute atomic E-state index is 13.3. The average Bonchev–Trinajstić information content (AvgIpc) is 2.34. The lowest BCUT2D eigenvalue weighted by molar-refractivity contribution is 0.622. The first-order valence-electron chi connectivity index (χ1n) is 5.56. The van der Waals surface area contributed by atoms with E-state index in [1.54, 1.807) is 25.3 Å². The van der Waals surface area contributed by atoms with Crippen molar-refractivity contribution in [1.82, 2.24) is 4.57 Å². The molecule has 0 radical (unpaired) electrons. The predicted octanol–water partition coefficient (Wildman–Crippen LogP) is 2.98. The first kappa shape index (κ1) is 13.5. The summed E-state index contributed by atoms with van der Waals surface area (Å²) in [7, 11) is 0. The lowest BCUT2D eigenvalue weighted by atomic mass is 10.1. The zero-order valence-corrected chi connectivity index (χ0v) is 11.7. The topological polar surface area (TPSA) is 45.8 Å². The second-order valence-corrected chi connectivity index (χ2v) is 5.15. The first-order chi connectivity index (χ1) is 8.99. The summed E-state index contributed by atoms with van der Waals surface area (Å²) >= 11 is 3.32. The van der Waals surface area contributed by atoms with Gasteiger partial charge in [-0.3, -0.25) is 4.79 Å². The minimum atomic E-state index is -0.478. The Bertz CT molecular complexity index is 731. The smallest absolute Gasteiger partial charge is 0.253 e. The largest absolute Gasteiger partial charge is 0.310 e. The molecule has 1 aromatic carbocycles. The molecule has 1 heterocycles. The molecule has 0 saturated carbocycles. The van der Waals surface area contributed by atoms with E-state index in [-0.39, 0.29) is 17.7 Å². The van der Waals surface area contributed by atoms with Crippen LogP contribution in [0.2, 0.25) is 0 Å². The molecule has 19 heavy (non-hydrogen) atoms. The minimum Gasteiger partial charge on any atom is -0.310 e. The summed E-state index contributed by atoms with van der Waals surface area (Å²) < 4.78 is 15.6. The van der Waals surface area contributed by atoms with E-state index in [1.807, 2.05) is 6.07 Å². The number of aromatic nitrogens is 1. The molecule has 2 aromatic rings. The van der Waals surface area contributed by atoms with Gasteiger partial charge in [0, 0.05) is 16.2 Å². The highest BCUT2D eigenvalue weighted by atomic mass is 79.9. The van der Waals surface area contributed by atoms with Crippen molar-refractivity contribution in [3.05, 3.63) is 67.8 Å². The second kappa shape index (κ2) is 5.37. The van der Waals surface area contributed by atoms with Gasteiger partial charge in [0.25, 0.3) is 5.56 Å². The summed E-state index contributed by atoms with van der Waals surface area (Å²) in [4.78, 5) is 11.9. The Labute approximate surface area is 118 Å². The van der Waals surface area contributed by atoms with E-state index < -0.39 is 5.82 Å². The molecule has 0 aliphatic heterocycles. The van der Waals surface area contributed by atoms with E-state index in [0.29, 0.717) is 11.1 Å². The molecule has 0 spiro atoms. The van der Waals surface area contributed by atoms with Gasteiger partial charge in [0.15, 0.2) is 0 Å². The van der Waals surface area contributed by atoms with Crippen molar-refractivity contribution in [2.24, 2.45) is 0 Å². The predicted molar refractivity (Wildman–Crippen MR) is 73.4 cm³/mol. The van der Waals surface area contributed by atoms with Crippen LogP contribution in [-0.2, 0) is 6.54 Å². The molecular weight excluding hydrogens is 311 g/mol. The van der Waals surface area contributed by atoms with Crippen molar-refractivity contribution in [3.63, 3.8) is 0 Å². The lowest BCUT2D eigenvalue weighted by Crippen LogP contribution is -2.22. The molecular formula is C14H10BrFN2O. The molecule has 0 amide bonds. The van der Waals surface area contributed by atoms with Crippen LogP contribution in [-0.4, -0.2) is 4.57 Å². The Morgan fingerprint density at radius 2 is 2.11 bits per heavy atom. The molecule has 0 atom stereocenters. The van der Waals surface area contributed by atoms with E-state index in [4.69, 9.17) is 5.26 Å². The molecule has 0 fully saturated rings. The fraction of sp³-hybridized carbons (Fsp3) is 0.143. The summed E-state index contributed by atoms with van der Waals surface area (Å²) in [5.74, 6) is -0.478. The monoisotopic (exact) mass is 320 g/mol.